The van der Waals surface area contributed by atoms with Gasteiger partial charge in [0.05, 0.1) is 16.8 Å². The summed E-state index contributed by atoms with van der Waals surface area (Å²) in [5.41, 5.74) is 4.87. The lowest BCUT2D eigenvalue weighted by molar-refractivity contribution is 0.0449. The molecule has 0 atom stereocenters. The molecule has 0 radical (unpaired) electrons. The van der Waals surface area contributed by atoms with Crippen LogP contribution in [0.5, 0.6) is 11.5 Å². The molecule has 1 N–H and O–H groups in total. The van der Waals surface area contributed by atoms with Crippen molar-refractivity contribution in [3.05, 3.63) is 101 Å². The highest BCUT2D eigenvalue weighted by Gasteiger charge is 2.27. The van der Waals surface area contributed by atoms with E-state index in [1.807, 2.05) is 42.5 Å². The molecule has 5 nitrogen and oxygen atoms in total. The second kappa shape index (κ2) is 9.35. The van der Waals surface area contributed by atoms with E-state index in [2.05, 4.69) is 0 Å². The third-order valence-electron chi connectivity index (χ3n) is 5.79. The number of esters is 1. The van der Waals surface area contributed by atoms with E-state index in [9.17, 15) is 14.3 Å². The first-order valence-corrected chi connectivity index (χ1v) is 11.1. The molecular weight excluding hydrogens is 433 g/mol. The van der Waals surface area contributed by atoms with Crippen molar-refractivity contribution in [2.75, 3.05) is 13.2 Å². The molecule has 1 aromatic heterocycles. The van der Waals surface area contributed by atoms with Gasteiger partial charge in [0.25, 0.3) is 0 Å². The average Bonchev–Trinajstić information content (AvgIpc) is 3.24. The predicted octanol–water partition coefficient (Wildman–Crippen LogP) is 5.80. The van der Waals surface area contributed by atoms with Gasteiger partial charge in [-0.25, -0.2) is 14.2 Å². The van der Waals surface area contributed by atoms with Crippen molar-refractivity contribution in [3.8, 4) is 11.5 Å². The number of phenolic OH excluding ortho intramolecular Hbond substituents is 1. The number of allylic oxidation sites excluding steroid dienone is 1. The smallest absolute Gasteiger partial charge is 0.339 e. The van der Waals surface area contributed by atoms with Crippen LogP contribution in [0.25, 0.3) is 22.6 Å². The highest BCUT2D eigenvalue weighted by molar-refractivity contribution is 6.07. The van der Waals surface area contributed by atoms with E-state index in [-0.39, 0.29) is 24.7 Å². The van der Waals surface area contributed by atoms with E-state index in [1.165, 1.54) is 12.1 Å². The van der Waals surface area contributed by atoms with Gasteiger partial charge in [0.1, 0.15) is 19.0 Å². The molecule has 0 saturated heterocycles. The predicted molar refractivity (Wildman–Crippen MR) is 128 cm³/mol. The Hall–Kier alpha value is -4.19. The van der Waals surface area contributed by atoms with Gasteiger partial charge in [-0.3, -0.25) is 0 Å². The quantitative estimate of drug-likeness (QED) is 0.294. The number of para-hydroxylation sites is 2. The van der Waals surface area contributed by atoms with Crippen molar-refractivity contribution in [2.45, 2.75) is 12.8 Å². The molecule has 6 heteroatoms. The van der Waals surface area contributed by atoms with Gasteiger partial charge in [-0.15, -0.1) is 0 Å². The number of hydrogen-bond donors (Lipinski definition) is 1. The third kappa shape index (κ3) is 4.35. The highest BCUT2D eigenvalue weighted by Crippen LogP contribution is 2.38. The fourth-order valence-electron chi connectivity index (χ4n) is 4.20. The first-order chi connectivity index (χ1) is 16.6. The molecule has 0 saturated carbocycles. The number of hydrogen-bond acceptors (Lipinski definition) is 5. The van der Waals surface area contributed by atoms with Crippen LogP contribution in [-0.2, 0) is 11.2 Å². The normalized spacial score (nSPS) is 13.7. The maximum absolute atomic E-state index is 13.7. The molecule has 3 aromatic carbocycles. The zero-order chi connectivity index (χ0) is 23.5. The number of halogens is 1. The maximum atomic E-state index is 13.7. The van der Waals surface area contributed by atoms with Gasteiger partial charge in [0, 0.05) is 5.39 Å². The fraction of sp³-hybridized carbons (Fsp3) is 0.143. The topological polar surface area (TPSA) is 68.7 Å². The van der Waals surface area contributed by atoms with Crippen LogP contribution < -0.4 is 4.74 Å². The van der Waals surface area contributed by atoms with Gasteiger partial charge >= 0.3 is 5.97 Å². The molecule has 0 fully saturated rings. The summed E-state index contributed by atoms with van der Waals surface area (Å²) in [7, 11) is 0. The molecule has 0 unspecified atom stereocenters. The summed E-state index contributed by atoms with van der Waals surface area (Å²) in [6.45, 7) is 0.0404. The summed E-state index contributed by atoms with van der Waals surface area (Å²) in [6, 6.07) is 20.6. The van der Waals surface area contributed by atoms with Crippen LogP contribution in [0, 0.1) is 5.82 Å². The van der Waals surface area contributed by atoms with Crippen LogP contribution in [0.15, 0.2) is 72.8 Å². The van der Waals surface area contributed by atoms with Crippen LogP contribution in [0.2, 0.25) is 0 Å². The summed E-state index contributed by atoms with van der Waals surface area (Å²) in [6.07, 6.45) is 3.45. The lowest BCUT2D eigenvalue weighted by Gasteiger charge is -2.13. The number of pyridine rings is 1. The van der Waals surface area contributed by atoms with E-state index in [1.54, 1.807) is 24.3 Å². The van der Waals surface area contributed by atoms with Crippen molar-refractivity contribution in [3.63, 3.8) is 0 Å². The molecule has 1 aliphatic rings. The Morgan fingerprint density at radius 3 is 2.56 bits per heavy atom. The Morgan fingerprint density at radius 1 is 0.971 bits per heavy atom. The van der Waals surface area contributed by atoms with Gasteiger partial charge in [-0.2, -0.15) is 0 Å². The van der Waals surface area contributed by atoms with E-state index >= 15 is 0 Å². The van der Waals surface area contributed by atoms with Gasteiger partial charge in [-0.05, 0) is 65.9 Å². The molecule has 0 spiro atoms. The number of fused-ring (bicyclic) bond motifs is 2. The van der Waals surface area contributed by atoms with E-state index < -0.39 is 11.8 Å². The molecule has 0 aliphatic heterocycles. The van der Waals surface area contributed by atoms with E-state index in [0.29, 0.717) is 17.5 Å². The van der Waals surface area contributed by atoms with Crippen molar-refractivity contribution in [1.29, 1.82) is 0 Å². The first kappa shape index (κ1) is 21.6. The van der Waals surface area contributed by atoms with Crippen molar-refractivity contribution < 1.29 is 23.8 Å². The van der Waals surface area contributed by atoms with Crippen LogP contribution in [0.3, 0.4) is 0 Å². The summed E-state index contributed by atoms with van der Waals surface area (Å²) in [5, 5.41) is 10.3. The lowest BCUT2D eigenvalue weighted by atomic mass is 10.0. The number of aromatic hydroxyl groups is 1. The Labute approximate surface area is 196 Å². The zero-order valence-corrected chi connectivity index (χ0v) is 18.3. The Bertz CT molecular complexity index is 1400. The van der Waals surface area contributed by atoms with Gasteiger partial charge in [-0.1, -0.05) is 42.5 Å². The van der Waals surface area contributed by atoms with Crippen molar-refractivity contribution in [1.82, 2.24) is 4.98 Å². The molecule has 5 rings (SSSR count). The SMILES string of the molecule is O=C(OCCOc1ccccc1F)c1c2c(nc3ccccc13)C(=Cc1ccc(O)cc1)CC2. The number of aromatic nitrogens is 1. The number of carbonyl (C=O) groups is 1. The molecule has 1 heterocycles. The standard InChI is InChI=1S/C28H22FNO4/c29-23-6-2-4-8-25(23)33-15-16-34-28(32)26-21-5-1-3-7-24(21)30-27-19(11-14-22(26)27)17-18-9-12-20(31)13-10-18/h1-10,12-13,17,31H,11,14-16H2. The van der Waals surface area contributed by atoms with Crippen LogP contribution in [-0.4, -0.2) is 29.3 Å². The van der Waals surface area contributed by atoms with Crippen LogP contribution in [0.1, 0.15) is 33.6 Å². The second-order valence-corrected chi connectivity index (χ2v) is 8.01. The first-order valence-electron chi connectivity index (χ1n) is 11.1. The molecule has 34 heavy (non-hydrogen) atoms. The summed E-state index contributed by atoms with van der Waals surface area (Å²) < 4.78 is 24.7. The Morgan fingerprint density at radius 2 is 1.74 bits per heavy atom. The van der Waals surface area contributed by atoms with Gasteiger partial charge in [0.15, 0.2) is 11.6 Å². The minimum atomic E-state index is -0.459. The maximum Gasteiger partial charge on any atom is 0.339 e. The highest BCUT2D eigenvalue weighted by atomic mass is 19.1. The van der Waals surface area contributed by atoms with Crippen molar-refractivity contribution in [2.24, 2.45) is 0 Å². The van der Waals surface area contributed by atoms with Crippen LogP contribution in [0.4, 0.5) is 4.39 Å². The molecule has 1 aliphatic carbocycles. The number of benzene rings is 3. The molecule has 0 amide bonds. The molecule has 4 aromatic rings. The lowest BCUT2D eigenvalue weighted by Crippen LogP contribution is -2.15. The molecular formula is C28H22FNO4. The number of phenols is 1. The monoisotopic (exact) mass is 455 g/mol. The Balaban J connectivity index is 1.41. The summed E-state index contributed by atoms with van der Waals surface area (Å²) in [5.74, 6) is -0.572. The van der Waals surface area contributed by atoms with Gasteiger partial charge in [0.2, 0.25) is 0 Å². The largest absolute Gasteiger partial charge is 0.508 e. The summed E-state index contributed by atoms with van der Waals surface area (Å²) >= 11 is 0. The zero-order valence-electron chi connectivity index (χ0n) is 18.3. The minimum absolute atomic E-state index is 0.00516. The van der Waals surface area contributed by atoms with E-state index in [0.717, 1.165) is 34.2 Å². The number of nitrogens with zero attached hydrogens (tertiary/aromatic N) is 1. The summed E-state index contributed by atoms with van der Waals surface area (Å²) in [4.78, 5) is 18.0. The molecule has 0 bridgehead atoms. The number of ether oxygens (including phenoxy) is 2. The third-order valence-corrected chi connectivity index (χ3v) is 5.79. The Kier molecular flexibility index (Phi) is 5.95. The fourth-order valence-corrected chi connectivity index (χ4v) is 4.20. The number of carbonyl (C=O) groups excluding carboxylic acids is 1. The average molecular weight is 455 g/mol. The second-order valence-electron chi connectivity index (χ2n) is 8.01. The molecule has 170 valence electrons. The van der Waals surface area contributed by atoms with E-state index in [4.69, 9.17) is 14.5 Å². The number of rotatable bonds is 6. The van der Waals surface area contributed by atoms with Gasteiger partial charge < -0.3 is 14.6 Å². The minimum Gasteiger partial charge on any atom is -0.508 e. The van der Waals surface area contributed by atoms with Crippen LogP contribution >= 0.6 is 0 Å². The van der Waals surface area contributed by atoms with Crippen molar-refractivity contribution >= 4 is 28.5 Å².